The van der Waals surface area contributed by atoms with Crippen molar-refractivity contribution >= 4 is 5.97 Å². The van der Waals surface area contributed by atoms with E-state index in [0.717, 1.165) is 16.7 Å². The van der Waals surface area contributed by atoms with Gasteiger partial charge in [-0.25, -0.2) is 0 Å². The molecule has 1 aromatic carbocycles. The molecule has 0 aliphatic rings. The minimum atomic E-state index is -0.279. The van der Waals surface area contributed by atoms with Gasteiger partial charge in [0.15, 0.2) is 0 Å². The van der Waals surface area contributed by atoms with E-state index in [1.165, 1.54) is 0 Å². The van der Waals surface area contributed by atoms with Gasteiger partial charge < -0.3 is 10.5 Å². The monoisotopic (exact) mass is 221 g/mol. The molecule has 0 saturated carbocycles. The molecule has 1 atom stereocenters. The molecule has 0 bridgehead atoms. The second kappa shape index (κ2) is 5.66. The van der Waals surface area contributed by atoms with Crippen molar-refractivity contribution < 1.29 is 9.53 Å². The molecule has 0 spiro atoms. The normalized spacial score (nSPS) is 12.2. The van der Waals surface area contributed by atoms with Crippen LogP contribution in [0.1, 0.15) is 36.1 Å². The summed E-state index contributed by atoms with van der Waals surface area (Å²) in [5.74, 6) is -0.240. The SMILES string of the molecule is CCOC(=O)C[C@H](N)c1cc(C)ccc1C. The molecule has 2 N–H and O–H groups in total. The molecule has 0 aliphatic heterocycles. The van der Waals surface area contributed by atoms with Gasteiger partial charge in [0.2, 0.25) is 0 Å². The van der Waals surface area contributed by atoms with E-state index < -0.39 is 0 Å². The minimum Gasteiger partial charge on any atom is -0.466 e. The summed E-state index contributed by atoms with van der Waals surface area (Å²) < 4.78 is 4.89. The van der Waals surface area contributed by atoms with Gasteiger partial charge in [-0.05, 0) is 31.9 Å². The van der Waals surface area contributed by atoms with Crippen LogP contribution in [0.3, 0.4) is 0 Å². The summed E-state index contributed by atoms with van der Waals surface area (Å²) in [6.45, 7) is 6.21. The Kier molecular flexibility index (Phi) is 4.50. The fraction of sp³-hybridized carbons (Fsp3) is 0.462. The van der Waals surface area contributed by atoms with Gasteiger partial charge in [-0.15, -0.1) is 0 Å². The Balaban J connectivity index is 2.76. The van der Waals surface area contributed by atoms with Crippen LogP contribution in [0.4, 0.5) is 0 Å². The third kappa shape index (κ3) is 3.35. The number of carbonyl (C=O) groups is 1. The largest absolute Gasteiger partial charge is 0.466 e. The summed E-state index contributed by atoms with van der Waals surface area (Å²) in [5, 5.41) is 0. The zero-order valence-electron chi connectivity index (χ0n) is 10.1. The summed E-state index contributed by atoms with van der Waals surface area (Å²) >= 11 is 0. The van der Waals surface area contributed by atoms with E-state index in [0.29, 0.717) is 6.61 Å². The highest BCUT2D eigenvalue weighted by atomic mass is 16.5. The molecule has 0 fully saturated rings. The Labute approximate surface area is 96.6 Å². The molecule has 0 unspecified atom stereocenters. The van der Waals surface area contributed by atoms with Crippen molar-refractivity contribution in [3.8, 4) is 0 Å². The summed E-state index contributed by atoms with van der Waals surface area (Å²) in [7, 11) is 0. The minimum absolute atomic E-state index is 0.234. The smallest absolute Gasteiger partial charge is 0.307 e. The van der Waals surface area contributed by atoms with Crippen LogP contribution in [0.5, 0.6) is 0 Å². The number of esters is 1. The Morgan fingerprint density at radius 1 is 1.44 bits per heavy atom. The van der Waals surface area contributed by atoms with Gasteiger partial charge in [0.25, 0.3) is 0 Å². The van der Waals surface area contributed by atoms with Crippen LogP contribution in [0.25, 0.3) is 0 Å². The average Bonchev–Trinajstić information content (AvgIpc) is 2.21. The van der Waals surface area contributed by atoms with E-state index >= 15 is 0 Å². The lowest BCUT2D eigenvalue weighted by atomic mass is 9.97. The summed E-state index contributed by atoms with van der Waals surface area (Å²) in [5.41, 5.74) is 9.28. The van der Waals surface area contributed by atoms with E-state index in [9.17, 15) is 4.79 Å². The van der Waals surface area contributed by atoms with Crippen molar-refractivity contribution in [1.82, 2.24) is 0 Å². The number of hydrogen-bond donors (Lipinski definition) is 1. The lowest BCUT2D eigenvalue weighted by molar-refractivity contribution is -0.143. The van der Waals surface area contributed by atoms with Gasteiger partial charge in [-0.3, -0.25) is 4.79 Å². The summed E-state index contributed by atoms with van der Waals surface area (Å²) in [6.07, 6.45) is 0.234. The first-order chi connectivity index (χ1) is 7.54. The maximum atomic E-state index is 11.3. The highest BCUT2D eigenvalue weighted by Gasteiger charge is 2.14. The molecule has 3 nitrogen and oxygen atoms in total. The number of rotatable bonds is 4. The van der Waals surface area contributed by atoms with E-state index in [2.05, 4.69) is 0 Å². The quantitative estimate of drug-likeness (QED) is 0.793. The van der Waals surface area contributed by atoms with Crippen molar-refractivity contribution in [2.24, 2.45) is 5.73 Å². The van der Waals surface area contributed by atoms with Gasteiger partial charge in [0, 0.05) is 6.04 Å². The van der Waals surface area contributed by atoms with Crippen molar-refractivity contribution in [2.45, 2.75) is 33.2 Å². The number of aryl methyl sites for hydroxylation is 2. The number of hydrogen-bond acceptors (Lipinski definition) is 3. The Bertz CT molecular complexity index is 374. The van der Waals surface area contributed by atoms with E-state index in [1.807, 2.05) is 32.0 Å². The molecule has 0 saturated heterocycles. The molecular weight excluding hydrogens is 202 g/mol. The Morgan fingerprint density at radius 2 is 2.12 bits per heavy atom. The number of ether oxygens (including phenoxy) is 1. The fourth-order valence-electron chi connectivity index (χ4n) is 1.67. The van der Waals surface area contributed by atoms with Crippen LogP contribution in [-0.2, 0) is 9.53 Å². The first-order valence-electron chi connectivity index (χ1n) is 5.53. The predicted octanol–water partition coefficient (Wildman–Crippen LogP) is 2.26. The summed E-state index contributed by atoms with van der Waals surface area (Å²) in [6, 6.07) is 5.81. The van der Waals surface area contributed by atoms with Gasteiger partial charge in [-0.2, -0.15) is 0 Å². The topological polar surface area (TPSA) is 52.3 Å². The van der Waals surface area contributed by atoms with Gasteiger partial charge in [0.05, 0.1) is 13.0 Å². The molecule has 3 heteroatoms. The van der Waals surface area contributed by atoms with Crippen molar-refractivity contribution in [2.75, 3.05) is 6.61 Å². The van der Waals surface area contributed by atoms with Crippen LogP contribution in [0.15, 0.2) is 18.2 Å². The molecule has 0 aromatic heterocycles. The van der Waals surface area contributed by atoms with Crippen LogP contribution in [0.2, 0.25) is 0 Å². The fourth-order valence-corrected chi connectivity index (χ4v) is 1.67. The third-order valence-corrected chi connectivity index (χ3v) is 2.53. The van der Waals surface area contributed by atoms with Crippen molar-refractivity contribution in [1.29, 1.82) is 0 Å². The zero-order valence-corrected chi connectivity index (χ0v) is 10.1. The van der Waals surface area contributed by atoms with Gasteiger partial charge in [-0.1, -0.05) is 23.8 Å². The lowest BCUT2D eigenvalue weighted by Gasteiger charge is -2.14. The van der Waals surface area contributed by atoms with Crippen LogP contribution in [-0.4, -0.2) is 12.6 Å². The van der Waals surface area contributed by atoms with Crippen LogP contribution in [0, 0.1) is 13.8 Å². The first-order valence-corrected chi connectivity index (χ1v) is 5.53. The second-order valence-electron chi connectivity index (χ2n) is 3.98. The molecule has 0 aliphatic carbocycles. The van der Waals surface area contributed by atoms with Crippen LogP contribution < -0.4 is 5.73 Å². The number of benzene rings is 1. The molecule has 1 aromatic rings. The standard InChI is InChI=1S/C13H19NO2/c1-4-16-13(15)8-12(14)11-7-9(2)5-6-10(11)3/h5-7,12H,4,8,14H2,1-3H3/t12-/m0/s1. The van der Waals surface area contributed by atoms with Crippen molar-refractivity contribution in [3.05, 3.63) is 34.9 Å². The Hall–Kier alpha value is -1.35. The maximum Gasteiger partial charge on any atom is 0.307 e. The first kappa shape index (κ1) is 12.7. The molecule has 88 valence electrons. The number of nitrogens with two attached hydrogens (primary N) is 1. The average molecular weight is 221 g/mol. The molecule has 0 amide bonds. The zero-order chi connectivity index (χ0) is 12.1. The van der Waals surface area contributed by atoms with Gasteiger partial charge in [0.1, 0.15) is 0 Å². The van der Waals surface area contributed by atoms with E-state index in [1.54, 1.807) is 6.92 Å². The molecule has 0 radical (unpaired) electrons. The van der Waals surface area contributed by atoms with Crippen molar-refractivity contribution in [3.63, 3.8) is 0 Å². The second-order valence-corrected chi connectivity index (χ2v) is 3.98. The third-order valence-electron chi connectivity index (χ3n) is 2.53. The predicted molar refractivity (Wildman–Crippen MR) is 64.1 cm³/mol. The molecule has 16 heavy (non-hydrogen) atoms. The van der Waals surface area contributed by atoms with E-state index in [-0.39, 0.29) is 18.4 Å². The highest BCUT2D eigenvalue weighted by Crippen LogP contribution is 2.20. The van der Waals surface area contributed by atoms with Crippen LogP contribution >= 0.6 is 0 Å². The van der Waals surface area contributed by atoms with Gasteiger partial charge >= 0.3 is 5.97 Å². The molecular formula is C13H19NO2. The molecule has 0 heterocycles. The highest BCUT2D eigenvalue weighted by molar-refractivity contribution is 5.70. The lowest BCUT2D eigenvalue weighted by Crippen LogP contribution is -2.18. The molecule has 1 rings (SSSR count). The summed E-state index contributed by atoms with van der Waals surface area (Å²) in [4.78, 5) is 11.3. The number of carbonyl (C=O) groups excluding carboxylic acids is 1. The maximum absolute atomic E-state index is 11.3. The Morgan fingerprint density at radius 3 is 2.75 bits per heavy atom. The van der Waals surface area contributed by atoms with E-state index in [4.69, 9.17) is 10.5 Å².